The van der Waals surface area contributed by atoms with Crippen molar-refractivity contribution in [1.82, 2.24) is 5.32 Å². The molecule has 0 radical (unpaired) electrons. The lowest BCUT2D eigenvalue weighted by atomic mass is 10.1. The summed E-state index contributed by atoms with van der Waals surface area (Å²) >= 11 is 0. The molecule has 0 aromatic heterocycles. The van der Waals surface area contributed by atoms with E-state index < -0.39 is 29.2 Å². The summed E-state index contributed by atoms with van der Waals surface area (Å²) < 4.78 is 32.2. The molecule has 4 nitrogen and oxygen atoms in total. The summed E-state index contributed by atoms with van der Waals surface area (Å²) in [6.45, 7) is 3.22. The minimum atomic E-state index is -1.04. The number of carbonyl (C=O) groups is 1. The van der Waals surface area contributed by atoms with Crippen molar-refractivity contribution in [3.05, 3.63) is 29.3 Å². The van der Waals surface area contributed by atoms with Crippen molar-refractivity contribution >= 4 is 5.91 Å². The van der Waals surface area contributed by atoms with E-state index in [9.17, 15) is 13.6 Å². The fraction of sp³-hybridized carbons (Fsp3) is 0.417. The van der Waals surface area contributed by atoms with Crippen LogP contribution in [0.4, 0.5) is 8.78 Å². The number of benzene rings is 1. The molecule has 1 aromatic carbocycles. The second-order valence-electron chi connectivity index (χ2n) is 3.73. The summed E-state index contributed by atoms with van der Waals surface area (Å²) in [6, 6.07) is 2.09. The molecular weight excluding hydrogens is 244 g/mol. The van der Waals surface area contributed by atoms with Crippen LogP contribution in [0.3, 0.4) is 0 Å². The molecule has 0 heterocycles. The quantitative estimate of drug-likeness (QED) is 0.842. The van der Waals surface area contributed by atoms with Gasteiger partial charge in [0, 0.05) is 6.54 Å². The Hall–Kier alpha value is -1.69. The Morgan fingerprint density at radius 3 is 2.72 bits per heavy atom. The Balaban J connectivity index is 2.99. The Bertz CT molecular complexity index is 436. The lowest BCUT2D eigenvalue weighted by molar-refractivity contribution is 0.0914. The molecule has 0 aliphatic heterocycles. The highest BCUT2D eigenvalue weighted by Gasteiger charge is 2.21. The Labute approximate surface area is 104 Å². The minimum Gasteiger partial charge on any atom is -0.491 e. The van der Waals surface area contributed by atoms with Crippen molar-refractivity contribution in [1.29, 1.82) is 0 Å². The number of ether oxygens (including phenoxy) is 1. The third-order valence-electron chi connectivity index (χ3n) is 2.14. The average Bonchev–Trinajstić information content (AvgIpc) is 2.30. The van der Waals surface area contributed by atoms with E-state index in [0.29, 0.717) is 0 Å². The summed E-state index contributed by atoms with van der Waals surface area (Å²) in [5, 5.41) is 11.2. The second kappa shape index (κ2) is 6.30. The summed E-state index contributed by atoms with van der Waals surface area (Å²) in [5.41, 5.74) is -0.707. The standard InChI is InChI=1S/C12H15F2NO3/c1-3-18-9-5-4-8(13)10(11(9)14)12(17)15-6-7(2)16/h4-5,7,16H,3,6H2,1-2H3,(H,15,17). The van der Waals surface area contributed by atoms with Crippen molar-refractivity contribution in [3.63, 3.8) is 0 Å². The van der Waals surface area contributed by atoms with Crippen molar-refractivity contribution < 1.29 is 23.4 Å². The van der Waals surface area contributed by atoms with E-state index in [-0.39, 0.29) is 18.9 Å². The summed E-state index contributed by atoms with van der Waals surface area (Å²) in [5.74, 6) is -3.12. The number of halogens is 2. The highest BCUT2D eigenvalue weighted by atomic mass is 19.1. The van der Waals surface area contributed by atoms with Gasteiger partial charge in [-0.15, -0.1) is 0 Å². The number of amides is 1. The Morgan fingerprint density at radius 2 is 2.17 bits per heavy atom. The van der Waals surface area contributed by atoms with Gasteiger partial charge in [-0.25, -0.2) is 8.78 Å². The first-order valence-electron chi connectivity index (χ1n) is 5.54. The van der Waals surface area contributed by atoms with Gasteiger partial charge in [0.2, 0.25) is 0 Å². The summed E-state index contributed by atoms with van der Waals surface area (Å²) in [4.78, 5) is 11.6. The molecule has 0 saturated carbocycles. The minimum absolute atomic E-state index is 0.0867. The van der Waals surface area contributed by atoms with E-state index in [1.165, 1.54) is 6.92 Å². The maximum Gasteiger partial charge on any atom is 0.257 e. The zero-order valence-corrected chi connectivity index (χ0v) is 10.2. The maximum atomic E-state index is 13.8. The summed E-state index contributed by atoms with van der Waals surface area (Å²) in [6.07, 6.45) is -0.796. The molecule has 18 heavy (non-hydrogen) atoms. The molecular formula is C12H15F2NO3. The second-order valence-corrected chi connectivity index (χ2v) is 3.73. The van der Waals surface area contributed by atoms with Gasteiger partial charge in [0.1, 0.15) is 11.4 Å². The average molecular weight is 259 g/mol. The molecule has 100 valence electrons. The van der Waals surface area contributed by atoms with Crippen LogP contribution in [0, 0.1) is 11.6 Å². The lowest BCUT2D eigenvalue weighted by Crippen LogP contribution is -2.31. The van der Waals surface area contributed by atoms with Gasteiger partial charge in [-0.3, -0.25) is 4.79 Å². The largest absolute Gasteiger partial charge is 0.491 e. The number of nitrogens with one attached hydrogen (secondary N) is 1. The van der Waals surface area contributed by atoms with Crippen LogP contribution in [0.5, 0.6) is 5.75 Å². The van der Waals surface area contributed by atoms with Gasteiger partial charge in [-0.1, -0.05) is 0 Å². The van der Waals surface area contributed by atoms with E-state index in [1.807, 2.05) is 0 Å². The Morgan fingerprint density at radius 1 is 1.50 bits per heavy atom. The van der Waals surface area contributed by atoms with Crippen LogP contribution < -0.4 is 10.1 Å². The molecule has 0 bridgehead atoms. The number of hydrogen-bond acceptors (Lipinski definition) is 3. The zero-order chi connectivity index (χ0) is 13.7. The first kappa shape index (κ1) is 14.4. The van der Waals surface area contributed by atoms with Crippen LogP contribution in [0.1, 0.15) is 24.2 Å². The van der Waals surface area contributed by atoms with Crippen molar-refractivity contribution in [3.8, 4) is 5.75 Å². The summed E-state index contributed by atoms with van der Waals surface area (Å²) in [7, 11) is 0. The third-order valence-corrected chi connectivity index (χ3v) is 2.14. The monoisotopic (exact) mass is 259 g/mol. The normalized spacial score (nSPS) is 12.1. The van der Waals surface area contributed by atoms with Crippen LogP contribution in [-0.2, 0) is 0 Å². The predicted molar refractivity (Wildman–Crippen MR) is 61.5 cm³/mol. The van der Waals surface area contributed by atoms with E-state index in [2.05, 4.69) is 5.32 Å². The van der Waals surface area contributed by atoms with Gasteiger partial charge in [-0.2, -0.15) is 0 Å². The van der Waals surface area contributed by atoms with Gasteiger partial charge in [0.15, 0.2) is 11.6 Å². The van der Waals surface area contributed by atoms with Crippen LogP contribution in [-0.4, -0.2) is 30.3 Å². The van der Waals surface area contributed by atoms with Crippen molar-refractivity contribution in [2.24, 2.45) is 0 Å². The fourth-order valence-corrected chi connectivity index (χ4v) is 1.34. The van der Waals surface area contributed by atoms with Crippen molar-refractivity contribution in [2.45, 2.75) is 20.0 Å². The predicted octanol–water partition coefficient (Wildman–Crippen LogP) is 1.47. The molecule has 2 N–H and O–H groups in total. The molecule has 0 aliphatic rings. The van der Waals surface area contributed by atoms with Gasteiger partial charge >= 0.3 is 0 Å². The zero-order valence-electron chi connectivity index (χ0n) is 10.2. The first-order chi connectivity index (χ1) is 8.47. The molecule has 6 heteroatoms. The van der Waals surface area contributed by atoms with Gasteiger partial charge in [0.25, 0.3) is 5.91 Å². The van der Waals surface area contributed by atoms with Crippen LogP contribution in [0.2, 0.25) is 0 Å². The highest BCUT2D eigenvalue weighted by molar-refractivity contribution is 5.95. The van der Waals surface area contributed by atoms with Gasteiger partial charge < -0.3 is 15.2 Å². The van der Waals surface area contributed by atoms with E-state index >= 15 is 0 Å². The highest BCUT2D eigenvalue weighted by Crippen LogP contribution is 2.23. The smallest absolute Gasteiger partial charge is 0.257 e. The molecule has 1 unspecified atom stereocenters. The van der Waals surface area contributed by atoms with Gasteiger partial charge in [0.05, 0.1) is 12.7 Å². The lowest BCUT2D eigenvalue weighted by Gasteiger charge is -2.11. The molecule has 0 aliphatic carbocycles. The first-order valence-corrected chi connectivity index (χ1v) is 5.54. The topological polar surface area (TPSA) is 58.6 Å². The van der Waals surface area contributed by atoms with E-state index in [0.717, 1.165) is 12.1 Å². The maximum absolute atomic E-state index is 13.8. The number of hydrogen-bond donors (Lipinski definition) is 2. The molecule has 1 aromatic rings. The fourth-order valence-electron chi connectivity index (χ4n) is 1.34. The molecule has 1 rings (SSSR count). The van der Waals surface area contributed by atoms with Gasteiger partial charge in [-0.05, 0) is 26.0 Å². The van der Waals surface area contributed by atoms with Crippen LogP contribution in [0.25, 0.3) is 0 Å². The number of aliphatic hydroxyl groups excluding tert-OH is 1. The van der Waals surface area contributed by atoms with Crippen molar-refractivity contribution in [2.75, 3.05) is 13.2 Å². The molecule has 0 saturated heterocycles. The number of aliphatic hydroxyl groups is 1. The number of rotatable bonds is 5. The van der Waals surface area contributed by atoms with Crippen LogP contribution >= 0.6 is 0 Å². The van der Waals surface area contributed by atoms with E-state index in [4.69, 9.17) is 9.84 Å². The van der Waals surface area contributed by atoms with Crippen LogP contribution in [0.15, 0.2) is 12.1 Å². The SMILES string of the molecule is CCOc1ccc(F)c(C(=O)NCC(C)O)c1F. The molecule has 0 fully saturated rings. The molecule has 1 amide bonds. The number of carbonyl (C=O) groups excluding carboxylic acids is 1. The molecule has 1 atom stereocenters. The Kier molecular flexibility index (Phi) is 5.03. The molecule has 0 spiro atoms. The third kappa shape index (κ3) is 3.40. The van der Waals surface area contributed by atoms with E-state index in [1.54, 1.807) is 6.92 Å².